The Hall–Kier alpha value is -2.62. The van der Waals surface area contributed by atoms with Gasteiger partial charge in [-0.15, -0.1) is 0 Å². The van der Waals surface area contributed by atoms with Gasteiger partial charge in [-0.2, -0.15) is 0 Å². The van der Waals surface area contributed by atoms with Crippen LogP contribution in [0, 0.1) is 27.7 Å². The maximum Gasteiger partial charge on any atom is 0.244 e. The van der Waals surface area contributed by atoms with Crippen LogP contribution in [0.4, 0.5) is 11.4 Å². The van der Waals surface area contributed by atoms with E-state index in [9.17, 15) is 9.59 Å². The van der Waals surface area contributed by atoms with Gasteiger partial charge in [-0.1, -0.05) is 18.2 Å². The number of nitrogens with zero attached hydrogens (tertiary/aromatic N) is 1. The third kappa shape index (κ3) is 4.22. The highest BCUT2D eigenvalue weighted by Gasteiger charge is 2.18. The molecule has 0 bridgehead atoms. The molecule has 0 aliphatic carbocycles. The van der Waals surface area contributed by atoms with Crippen LogP contribution in [-0.4, -0.2) is 18.4 Å². The van der Waals surface area contributed by atoms with Crippen LogP contribution in [0.3, 0.4) is 0 Å². The summed E-state index contributed by atoms with van der Waals surface area (Å²) in [5, 5.41) is 2.88. The van der Waals surface area contributed by atoms with Crippen LogP contribution in [0.15, 0.2) is 36.4 Å². The van der Waals surface area contributed by atoms with E-state index < -0.39 is 0 Å². The van der Waals surface area contributed by atoms with Gasteiger partial charge in [0, 0.05) is 18.3 Å². The third-order valence-electron chi connectivity index (χ3n) is 4.05. The molecule has 126 valence electrons. The van der Waals surface area contributed by atoms with Crippen LogP contribution >= 0.6 is 0 Å². The Morgan fingerprint density at radius 3 is 2.21 bits per heavy atom. The third-order valence-corrected chi connectivity index (χ3v) is 4.05. The van der Waals surface area contributed by atoms with E-state index in [1.165, 1.54) is 11.8 Å². The molecule has 0 unspecified atom stereocenters. The predicted octanol–water partition coefficient (Wildman–Crippen LogP) is 3.91. The number of carbonyl (C=O) groups excluding carboxylic acids is 2. The van der Waals surface area contributed by atoms with Crippen LogP contribution in [0.25, 0.3) is 0 Å². The number of amides is 2. The molecular formula is C20H24N2O2. The van der Waals surface area contributed by atoms with E-state index in [1.807, 2.05) is 64.1 Å². The number of carbonyl (C=O) groups is 2. The molecule has 2 rings (SSSR count). The molecule has 0 radical (unpaired) electrons. The molecular weight excluding hydrogens is 300 g/mol. The highest BCUT2D eigenvalue weighted by atomic mass is 16.2. The molecule has 2 aromatic carbocycles. The largest absolute Gasteiger partial charge is 0.325 e. The molecule has 0 atom stereocenters. The van der Waals surface area contributed by atoms with E-state index in [-0.39, 0.29) is 18.4 Å². The van der Waals surface area contributed by atoms with E-state index in [1.54, 1.807) is 0 Å². The fourth-order valence-electron chi connectivity index (χ4n) is 2.79. The number of anilines is 2. The smallest absolute Gasteiger partial charge is 0.244 e. The molecule has 0 fully saturated rings. The first-order valence-corrected chi connectivity index (χ1v) is 8.00. The van der Waals surface area contributed by atoms with Crippen LogP contribution in [0.5, 0.6) is 0 Å². The fraction of sp³-hybridized carbons (Fsp3) is 0.300. The van der Waals surface area contributed by atoms with Crippen LogP contribution in [-0.2, 0) is 9.59 Å². The molecule has 2 amide bonds. The van der Waals surface area contributed by atoms with Crippen molar-refractivity contribution in [1.29, 1.82) is 0 Å². The number of hydrogen-bond acceptors (Lipinski definition) is 2. The van der Waals surface area contributed by atoms with Crippen molar-refractivity contribution < 1.29 is 9.59 Å². The summed E-state index contributed by atoms with van der Waals surface area (Å²) in [4.78, 5) is 26.0. The number of nitrogens with one attached hydrogen (secondary N) is 1. The van der Waals surface area contributed by atoms with Crippen molar-refractivity contribution >= 4 is 23.2 Å². The summed E-state index contributed by atoms with van der Waals surface area (Å²) in [6.45, 7) is 9.40. The molecule has 24 heavy (non-hydrogen) atoms. The van der Waals surface area contributed by atoms with Gasteiger partial charge < -0.3 is 10.2 Å². The van der Waals surface area contributed by atoms with Crippen molar-refractivity contribution in [2.45, 2.75) is 34.6 Å². The van der Waals surface area contributed by atoms with E-state index in [0.717, 1.165) is 33.6 Å². The number of benzene rings is 2. The molecule has 0 heterocycles. The van der Waals surface area contributed by atoms with Crippen LogP contribution < -0.4 is 10.2 Å². The zero-order valence-electron chi connectivity index (χ0n) is 14.9. The molecule has 0 saturated carbocycles. The van der Waals surface area contributed by atoms with Crippen molar-refractivity contribution in [3.8, 4) is 0 Å². The Morgan fingerprint density at radius 2 is 1.62 bits per heavy atom. The van der Waals surface area contributed by atoms with Crippen LogP contribution in [0.1, 0.15) is 29.2 Å². The number of hydrogen-bond donors (Lipinski definition) is 1. The van der Waals surface area contributed by atoms with Gasteiger partial charge in [-0.05, 0) is 68.1 Å². The van der Waals surface area contributed by atoms with Crippen molar-refractivity contribution in [3.05, 3.63) is 58.7 Å². The zero-order valence-corrected chi connectivity index (χ0v) is 14.9. The van der Waals surface area contributed by atoms with Crippen molar-refractivity contribution in [2.75, 3.05) is 16.8 Å². The molecule has 0 aliphatic rings. The summed E-state index contributed by atoms with van der Waals surface area (Å²) in [5.74, 6) is -0.365. The Kier molecular flexibility index (Phi) is 5.39. The minimum absolute atomic E-state index is 0.00733. The molecule has 4 nitrogen and oxygen atoms in total. The van der Waals surface area contributed by atoms with Gasteiger partial charge in [0.1, 0.15) is 6.54 Å². The van der Waals surface area contributed by atoms with Crippen LogP contribution in [0.2, 0.25) is 0 Å². The second kappa shape index (κ2) is 7.30. The molecule has 0 aromatic heterocycles. The summed E-state index contributed by atoms with van der Waals surface area (Å²) in [7, 11) is 0. The highest BCUT2D eigenvalue weighted by Crippen LogP contribution is 2.23. The summed E-state index contributed by atoms with van der Waals surface area (Å²) < 4.78 is 0. The molecule has 2 aromatic rings. The summed E-state index contributed by atoms with van der Waals surface area (Å²) in [5.41, 5.74) is 5.80. The molecule has 0 aliphatic heterocycles. The summed E-state index contributed by atoms with van der Waals surface area (Å²) in [6.07, 6.45) is 0. The Balaban J connectivity index is 2.20. The predicted molar refractivity (Wildman–Crippen MR) is 98.5 cm³/mol. The normalized spacial score (nSPS) is 10.4. The number of rotatable bonds is 4. The summed E-state index contributed by atoms with van der Waals surface area (Å²) >= 11 is 0. The van der Waals surface area contributed by atoms with E-state index in [4.69, 9.17) is 0 Å². The van der Waals surface area contributed by atoms with Gasteiger partial charge in [0.2, 0.25) is 11.8 Å². The van der Waals surface area contributed by atoms with E-state index >= 15 is 0 Å². The fourth-order valence-corrected chi connectivity index (χ4v) is 2.79. The second-order valence-corrected chi connectivity index (χ2v) is 6.25. The van der Waals surface area contributed by atoms with Crippen molar-refractivity contribution in [1.82, 2.24) is 0 Å². The average molecular weight is 324 g/mol. The van der Waals surface area contributed by atoms with E-state index in [2.05, 4.69) is 5.32 Å². The first-order valence-electron chi connectivity index (χ1n) is 8.00. The molecule has 1 N–H and O–H groups in total. The van der Waals surface area contributed by atoms with Gasteiger partial charge in [-0.25, -0.2) is 0 Å². The minimum Gasteiger partial charge on any atom is -0.325 e. The van der Waals surface area contributed by atoms with Gasteiger partial charge in [-0.3, -0.25) is 9.59 Å². The lowest BCUT2D eigenvalue weighted by molar-refractivity contribution is -0.120. The monoisotopic (exact) mass is 324 g/mol. The molecule has 4 heteroatoms. The topological polar surface area (TPSA) is 49.4 Å². The maximum absolute atomic E-state index is 12.4. The minimum atomic E-state index is -0.212. The maximum atomic E-state index is 12.4. The molecule has 0 saturated heterocycles. The van der Waals surface area contributed by atoms with Crippen molar-refractivity contribution in [2.24, 2.45) is 0 Å². The number of aryl methyl sites for hydroxylation is 3. The van der Waals surface area contributed by atoms with Crippen molar-refractivity contribution in [3.63, 3.8) is 0 Å². The molecule has 0 spiro atoms. The Morgan fingerprint density at radius 1 is 1.00 bits per heavy atom. The lowest BCUT2D eigenvalue weighted by atomic mass is 10.1. The zero-order chi connectivity index (χ0) is 17.9. The Bertz CT molecular complexity index is 761. The van der Waals surface area contributed by atoms with Gasteiger partial charge in [0.25, 0.3) is 0 Å². The lowest BCUT2D eigenvalue weighted by Crippen LogP contribution is -2.37. The first-order chi connectivity index (χ1) is 11.3. The van der Waals surface area contributed by atoms with Gasteiger partial charge in [0.15, 0.2) is 0 Å². The van der Waals surface area contributed by atoms with Gasteiger partial charge >= 0.3 is 0 Å². The standard InChI is InChI=1S/C20H24N2O2/c1-13-9-14(2)11-18(10-13)21-20(24)12-22(17(5)23)19-8-6-7-15(3)16(19)4/h6-11H,12H2,1-5H3,(H,21,24). The first kappa shape index (κ1) is 17.7. The highest BCUT2D eigenvalue weighted by molar-refractivity contribution is 6.02. The SMILES string of the molecule is CC(=O)N(CC(=O)Nc1cc(C)cc(C)c1)c1cccc(C)c1C. The summed E-state index contributed by atoms with van der Waals surface area (Å²) in [6, 6.07) is 11.6. The van der Waals surface area contributed by atoms with E-state index in [0.29, 0.717) is 0 Å². The quantitative estimate of drug-likeness (QED) is 0.927. The average Bonchev–Trinajstić information content (AvgIpc) is 2.46. The lowest BCUT2D eigenvalue weighted by Gasteiger charge is -2.23. The van der Waals surface area contributed by atoms with Gasteiger partial charge in [0.05, 0.1) is 0 Å². The second-order valence-electron chi connectivity index (χ2n) is 6.25. The Labute approximate surface area is 143 Å².